The smallest absolute Gasteiger partial charge is 0.348 e. The highest BCUT2D eigenvalue weighted by Crippen LogP contribution is 2.35. The number of benzene rings is 1. The van der Waals surface area contributed by atoms with Crippen molar-refractivity contribution in [2.75, 3.05) is 32.4 Å². The van der Waals surface area contributed by atoms with Crippen molar-refractivity contribution in [1.82, 2.24) is 9.55 Å². The van der Waals surface area contributed by atoms with E-state index in [9.17, 15) is 19.2 Å². The number of hydrogen-bond acceptors (Lipinski definition) is 11. The molecule has 3 heterocycles. The number of carbonyl (C=O) groups excluding carboxylic acids is 3. The van der Waals surface area contributed by atoms with Crippen molar-refractivity contribution in [3.05, 3.63) is 61.1 Å². The summed E-state index contributed by atoms with van der Waals surface area (Å²) in [7, 11) is 4.00. The van der Waals surface area contributed by atoms with E-state index in [1.54, 1.807) is 38.3 Å². The average molecular weight is 588 g/mol. The zero-order chi connectivity index (χ0) is 28.4. The molecule has 0 radical (unpaired) electrons. The minimum Gasteiger partial charge on any atom is -0.497 e. The van der Waals surface area contributed by atoms with Crippen LogP contribution in [0, 0.1) is 20.8 Å². The van der Waals surface area contributed by atoms with E-state index >= 15 is 0 Å². The number of rotatable bonds is 8. The predicted molar refractivity (Wildman–Crippen MR) is 152 cm³/mol. The zero-order valence-electron chi connectivity index (χ0n) is 22.0. The second-order valence-corrected chi connectivity index (χ2v) is 11.4. The van der Waals surface area contributed by atoms with E-state index in [1.165, 1.54) is 30.1 Å². The van der Waals surface area contributed by atoms with Gasteiger partial charge in [0.25, 0.3) is 5.56 Å². The van der Waals surface area contributed by atoms with Crippen molar-refractivity contribution in [2.24, 2.45) is 0 Å². The summed E-state index contributed by atoms with van der Waals surface area (Å²) in [5.41, 5.74) is 1.64. The van der Waals surface area contributed by atoms with Crippen molar-refractivity contribution in [1.29, 1.82) is 0 Å². The number of aryl methyl sites for hydroxylation is 2. The molecule has 0 aliphatic carbocycles. The number of amides is 1. The van der Waals surface area contributed by atoms with Crippen molar-refractivity contribution in [2.45, 2.75) is 25.9 Å². The Morgan fingerprint density at radius 1 is 0.974 bits per heavy atom. The summed E-state index contributed by atoms with van der Waals surface area (Å²) in [4.78, 5) is 57.7. The van der Waals surface area contributed by atoms with Crippen LogP contribution in [0.15, 0.2) is 34.2 Å². The fraction of sp³-hybridized carbons (Fsp3) is 0.269. The number of carbonyl (C=O) groups is 3. The van der Waals surface area contributed by atoms with Gasteiger partial charge in [-0.3, -0.25) is 14.2 Å². The molecular weight excluding hydrogens is 563 g/mol. The van der Waals surface area contributed by atoms with Crippen molar-refractivity contribution in [3.63, 3.8) is 0 Å². The van der Waals surface area contributed by atoms with Crippen LogP contribution in [0.3, 0.4) is 0 Å². The number of fused-ring (bicyclic) bond motifs is 1. The summed E-state index contributed by atoms with van der Waals surface area (Å²) >= 11 is 3.42. The minimum absolute atomic E-state index is 0.0838. The molecular formula is C26H25N3O7S3. The van der Waals surface area contributed by atoms with E-state index in [4.69, 9.17) is 19.2 Å². The Bertz CT molecular complexity index is 1650. The van der Waals surface area contributed by atoms with Gasteiger partial charge in [-0.2, -0.15) is 0 Å². The summed E-state index contributed by atoms with van der Waals surface area (Å²) in [5.74, 6) is -1.26. The van der Waals surface area contributed by atoms with Crippen molar-refractivity contribution in [3.8, 4) is 11.4 Å². The molecule has 0 aliphatic rings. The lowest BCUT2D eigenvalue weighted by Crippen LogP contribution is -2.23. The van der Waals surface area contributed by atoms with Gasteiger partial charge in [0, 0.05) is 4.88 Å². The van der Waals surface area contributed by atoms with Crippen LogP contribution in [0.4, 0.5) is 5.00 Å². The monoisotopic (exact) mass is 587 g/mol. The van der Waals surface area contributed by atoms with E-state index < -0.39 is 17.8 Å². The third kappa shape index (κ3) is 5.42. The number of hydrogen-bond donors (Lipinski definition) is 1. The number of thioether (sulfide) groups is 1. The largest absolute Gasteiger partial charge is 0.497 e. The summed E-state index contributed by atoms with van der Waals surface area (Å²) in [6, 6.07) is 6.98. The maximum absolute atomic E-state index is 13.7. The molecule has 1 aromatic carbocycles. The van der Waals surface area contributed by atoms with Gasteiger partial charge in [0.1, 0.15) is 20.5 Å². The van der Waals surface area contributed by atoms with E-state index in [0.29, 0.717) is 32.4 Å². The molecule has 0 bridgehead atoms. The second kappa shape index (κ2) is 11.6. The normalized spacial score (nSPS) is 10.9. The first-order chi connectivity index (χ1) is 18.6. The van der Waals surface area contributed by atoms with Gasteiger partial charge in [-0.25, -0.2) is 14.6 Å². The molecule has 3 aromatic heterocycles. The van der Waals surface area contributed by atoms with E-state index in [-0.39, 0.29) is 26.8 Å². The SMILES string of the molecule is COC(=O)c1sc(NC(=O)CSc2nc3sc(C)c(C)c3c(=O)n2-c2ccc(OC)cc2)c(C(=O)OC)c1C. The average Bonchev–Trinajstić information content (AvgIpc) is 3.41. The van der Waals surface area contributed by atoms with Crippen LogP contribution in [0.5, 0.6) is 5.75 Å². The Balaban J connectivity index is 1.69. The Morgan fingerprint density at radius 3 is 2.26 bits per heavy atom. The molecule has 0 atom stereocenters. The molecule has 204 valence electrons. The maximum atomic E-state index is 13.7. The lowest BCUT2D eigenvalue weighted by Gasteiger charge is -2.13. The van der Waals surface area contributed by atoms with E-state index in [1.807, 2.05) is 13.8 Å². The van der Waals surface area contributed by atoms with Crippen LogP contribution in [-0.4, -0.2) is 54.5 Å². The summed E-state index contributed by atoms with van der Waals surface area (Å²) < 4.78 is 16.4. The Labute approximate surface area is 235 Å². The third-order valence-electron chi connectivity index (χ3n) is 6.00. The minimum atomic E-state index is -0.689. The van der Waals surface area contributed by atoms with Gasteiger partial charge < -0.3 is 19.5 Å². The van der Waals surface area contributed by atoms with Crippen LogP contribution < -0.4 is 15.6 Å². The molecule has 10 nitrogen and oxygen atoms in total. The Hall–Kier alpha value is -3.68. The number of anilines is 1. The molecule has 0 spiro atoms. The van der Waals surface area contributed by atoms with Gasteiger partial charge in [-0.1, -0.05) is 11.8 Å². The first-order valence-corrected chi connectivity index (χ1v) is 14.1. The van der Waals surface area contributed by atoms with Crippen LogP contribution in [0.25, 0.3) is 15.9 Å². The summed E-state index contributed by atoms with van der Waals surface area (Å²) in [6.07, 6.45) is 0. The standard InChI is InChI=1S/C26H25N3O7S3/c1-12-14(3)38-21-18(12)23(31)29(15-7-9-16(34-4)10-8-15)26(28-21)37-11-17(30)27-22-19(24(32)35-5)13(2)20(39-22)25(33)36-6/h7-10H,11H2,1-6H3,(H,27,30). The molecule has 0 saturated heterocycles. The molecule has 4 rings (SSSR count). The first kappa shape index (κ1) is 28.3. The second-order valence-electron chi connectivity index (χ2n) is 8.28. The molecule has 0 saturated carbocycles. The number of nitrogens with zero attached hydrogens (tertiary/aromatic N) is 2. The third-order valence-corrected chi connectivity index (χ3v) is 9.22. The van der Waals surface area contributed by atoms with Crippen LogP contribution in [-0.2, 0) is 14.3 Å². The number of thiophene rings is 2. The number of methoxy groups -OCH3 is 3. The Kier molecular flexibility index (Phi) is 8.42. The van der Waals surface area contributed by atoms with E-state index in [2.05, 4.69) is 5.32 Å². The van der Waals surface area contributed by atoms with Gasteiger partial charge in [-0.05, 0) is 56.2 Å². The molecule has 0 fully saturated rings. The van der Waals surface area contributed by atoms with Gasteiger partial charge in [0.2, 0.25) is 5.91 Å². The lowest BCUT2D eigenvalue weighted by molar-refractivity contribution is -0.113. The molecule has 0 aliphatic heterocycles. The van der Waals surface area contributed by atoms with Gasteiger partial charge in [0.15, 0.2) is 5.16 Å². The topological polar surface area (TPSA) is 126 Å². The van der Waals surface area contributed by atoms with E-state index in [0.717, 1.165) is 33.5 Å². The molecule has 0 unspecified atom stereocenters. The van der Waals surface area contributed by atoms with Gasteiger partial charge in [-0.15, -0.1) is 22.7 Å². The highest BCUT2D eigenvalue weighted by Gasteiger charge is 2.27. The fourth-order valence-electron chi connectivity index (χ4n) is 3.86. The molecule has 1 N–H and O–H groups in total. The lowest BCUT2D eigenvalue weighted by atomic mass is 10.1. The molecule has 39 heavy (non-hydrogen) atoms. The number of nitrogens with one attached hydrogen (secondary N) is 1. The number of esters is 2. The predicted octanol–water partition coefficient (Wildman–Crippen LogP) is 4.75. The summed E-state index contributed by atoms with van der Waals surface area (Å²) in [5, 5.41) is 3.74. The summed E-state index contributed by atoms with van der Waals surface area (Å²) in [6.45, 7) is 5.40. The fourth-order valence-corrected chi connectivity index (χ4v) is 6.87. The highest BCUT2D eigenvalue weighted by molar-refractivity contribution is 7.99. The Morgan fingerprint density at radius 2 is 1.64 bits per heavy atom. The highest BCUT2D eigenvalue weighted by atomic mass is 32.2. The van der Waals surface area contributed by atoms with Crippen molar-refractivity contribution >= 4 is 67.5 Å². The maximum Gasteiger partial charge on any atom is 0.348 e. The quantitative estimate of drug-likeness (QED) is 0.177. The molecule has 1 amide bonds. The van der Waals surface area contributed by atoms with Gasteiger partial charge in [0.05, 0.1) is 43.7 Å². The van der Waals surface area contributed by atoms with Gasteiger partial charge >= 0.3 is 11.9 Å². The number of ether oxygens (including phenoxy) is 3. The molecule has 13 heteroatoms. The number of aromatic nitrogens is 2. The van der Waals surface area contributed by atoms with Crippen molar-refractivity contribution < 1.29 is 28.6 Å². The first-order valence-electron chi connectivity index (χ1n) is 11.5. The molecule has 4 aromatic rings. The van der Waals surface area contributed by atoms with Crippen LogP contribution >= 0.6 is 34.4 Å². The van der Waals surface area contributed by atoms with Crippen LogP contribution in [0.2, 0.25) is 0 Å². The van der Waals surface area contributed by atoms with Crippen LogP contribution in [0.1, 0.15) is 36.0 Å². The zero-order valence-corrected chi connectivity index (χ0v) is 24.4.